The van der Waals surface area contributed by atoms with Crippen LogP contribution in [0.5, 0.6) is 0 Å². The summed E-state index contributed by atoms with van der Waals surface area (Å²) in [5.41, 5.74) is 0.915. The molecule has 1 aromatic carbocycles. The fourth-order valence-corrected chi connectivity index (χ4v) is 3.42. The van der Waals surface area contributed by atoms with Gasteiger partial charge in [-0.15, -0.1) is 0 Å². The molecule has 2 rings (SSSR count). The van der Waals surface area contributed by atoms with E-state index in [9.17, 15) is 4.39 Å². The van der Waals surface area contributed by atoms with Crippen LogP contribution in [0.3, 0.4) is 0 Å². The Hall–Kier alpha value is -0.600. The molecule has 0 aromatic heterocycles. The number of halogens is 2. The summed E-state index contributed by atoms with van der Waals surface area (Å²) >= 11 is 6.26. The molecular weight excluding hydrogens is 273 g/mol. The first-order valence-electron chi connectivity index (χ1n) is 7.89. The lowest BCUT2D eigenvalue weighted by molar-refractivity contribution is 0.411. The van der Waals surface area contributed by atoms with Gasteiger partial charge in [0.05, 0.1) is 0 Å². The first-order valence-corrected chi connectivity index (χ1v) is 8.26. The monoisotopic (exact) mass is 297 g/mol. The van der Waals surface area contributed by atoms with E-state index in [-0.39, 0.29) is 11.9 Å². The van der Waals surface area contributed by atoms with Gasteiger partial charge in [0.15, 0.2) is 0 Å². The summed E-state index contributed by atoms with van der Waals surface area (Å²) in [5.74, 6) is 0.654. The third kappa shape index (κ3) is 4.46. The summed E-state index contributed by atoms with van der Waals surface area (Å²) in [5, 5.41) is 4.20. The van der Waals surface area contributed by atoms with Gasteiger partial charge < -0.3 is 5.32 Å². The summed E-state index contributed by atoms with van der Waals surface area (Å²) < 4.78 is 13.5. The molecule has 0 heterocycles. The van der Waals surface area contributed by atoms with Crippen LogP contribution in [0.4, 0.5) is 4.39 Å². The molecule has 1 aliphatic carbocycles. The van der Waals surface area contributed by atoms with Gasteiger partial charge in [-0.05, 0) is 55.5 Å². The number of hydrogen-bond donors (Lipinski definition) is 1. The Morgan fingerprint density at radius 3 is 2.80 bits per heavy atom. The Morgan fingerprint density at radius 1 is 1.35 bits per heavy atom. The standard InChI is InChI=1S/C17H25ClFN/c1-2-11-20-17(10-7-13-5-3-4-6-13)15-12-14(19)8-9-16(15)18/h8-9,12-13,17,20H,2-7,10-11H2,1H3. The van der Waals surface area contributed by atoms with Crippen molar-refractivity contribution in [2.75, 3.05) is 6.54 Å². The van der Waals surface area contributed by atoms with Gasteiger partial charge in [-0.3, -0.25) is 0 Å². The average molecular weight is 298 g/mol. The molecule has 20 heavy (non-hydrogen) atoms. The smallest absolute Gasteiger partial charge is 0.123 e. The molecule has 0 saturated heterocycles. The van der Waals surface area contributed by atoms with E-state index < -0.39 is 0 Å². The predicted molar refractivity (Wildman–Crippen MR) is 83.6 cm³/mol. The third-order valence-electron chi connectivity index (χ3n) is 4.31. The van der Waals surface area contributed by atoms with Crippen molar-refractivity contribution in [2.24, 2.45) is 5.92 Å². The maximum Gasteiger partial charge on any atom is 0.123 e. The highest BCUT2D eigenvalue weighted by Crippen LogP contribution is 2.33. The third-order valence-corrected chi connectivity index (χ3v) is 4.66. The average Bonchev–Trinajstić information content (AvgIpc) is 2.95. The van der Waals surface area contributed by atoms with Crippen molar-refractivity contribution in [3.05, 3.63) is 34.6 Å². The lowest BCUT2D eigenvalue weighted by atomic mass is 9.94. The molecular formula is C17H25ClFN. The Balaban J connectivity index is 2.02. The van der Waals surface area contributed by atoms with Crippen LogP contribution in [0.2, 0.25) is 5.02 Å². The zero-order valence-electron chi connectivity index (χ0n) is 12.3. The van der Waals surface area contributed by atoms with E-state index >= 15 is 0 Å². The van der Waals surface area contributed by atoms with Gasteiger partial charge in [-0.2, -0.15) is 0 Å². The summed E-state index contributed by atoms with van der Waals surface area (Å²) in [6, 6.07) is 4.87. The number of nitrogens with one attached hydrogen (secondary N) is 1. The molecule has 0 amide bonds. The molecule has 1 fully saturated rings. The van der Waals surface area contributed by atoms with Crippen molar-refractivity contribution in [1.82, 2.24) is 5.32 Å². The molecule has 1 saturated carbocycles. The van der Waals surface area contributed by atoms with E-state index in [0.717, 1.165) is 30.9 Å². The Labute approximate surface area is 126 Å². The van der Waals surface area contributed by atoms with E-state index in [1.807, 2.05) is 0 Å². The van der Waals surface area contributed by atoms with Gasteiger partial charge in [0.2, 0.25) is 0 Å². The molecule has 0 spiro atoms. The molecule has 1 aliphatic rings. The van der Waals surface area contributed by atoms with Crippen LogP contribution in [-0.2, 0) is 0 Å². The molecule has 1 aromatic rings. The molecule has 112 valence electrons. The molecule has 1 nitrogen and oxygen atoms in total. The maximum atomic E-state index is 13.5. The zero-order chi connectivity index (χ0) is 14.4. The second-order valence-electron chi connectivity index (χ2n) is 5.90. The van der Waals surface area contributed by atoms with Crippen LogP contribution in [0, 0.1) is 11.7 Å². The summed E-state index contributed by atoms with van der Waals surface area (Å²) in [7, 11) is 0. The topological polar surface area (TPSA) is 12.0 Å². The minimum atomic E-state index is -0.200. The normalized spacial score (nSPS) is 17.6. The zero-order valence-corrected chi connectivity index (χ0v) is 13.1. The van der Waals surface area contributed by atoms with Crippen LogP contribution < -0.4 is 5.32 Å². The second kappa shape index (κ2) is 7.99. The van der Waals surface area contributed by atoms with Crippen LogP contribution in [-0.4, -0.2) is 6.54 Å². The molecule has 1 atom stereocenters. The minimum absolute atomic E-state index is 0.179. The van der Waals surface area contributed by atoms with E-state index in [2.05, 4.69) is 12.2 Å². The highest BCUT2D eigenvalue weighted by atomic mass is 35.5. The van der Waals surface area contributed by atoms with Crippen molar-refractivity contribution in [3.63, 3.8) is 0 Å². The maximum absolute atomic E-state index is 13.5. The number of hydrogen-bond acceptors (Lipinski definition) is 1. The van der Waals surface area contributed by atoms with Gasteiger partial charge >= 0.3 is 0 Å². The van der Waals surface area contributed by atoms with Crippen LogP contribution in [0.25, 0.3) is 0 Å². The molecule has 0 bridgehead atoms. The van der Waals surface area contributed by atoms with Gasteiger partial charge in [0.25, 0.3) is 0 Å². The fourth-order valence-electron chi connectivity index (χ4n) is 3.17. The van der Waals surface area contributed by atoms with E-state index in [1.54, 1.807) is 12.1 Å². The highest BCUT2D eigenvalue weighted by molar-refractivity contribution is 6.31. The lowest BCUT2D eigenvalue weighted by Crippen LogP contribution is -2.23. The SMILES string of the molecule is CCCNC(CCC1CCCC1)c1cc(F)ccc1Cl. The predicted octanol–water partition coefficient (Wildman–Crippen LogP) is 5.49. The molecule has 1 N–H and O–H groups in total. The summed E-state index contributed by atoms with van der Waals surface area (Å²) in [6.45, 7) is 3.09. The minimum Gasteiger partial charge on any atom is -0.310 e. The van der Waals surface area contributed by atoms with Crippen LogP contribution in [0.1, 0.15) is 63.5 Å². The van der Waals surface area contributed by atoms with Crippen molar-refractivity contribution in [3.8, 4) is 0 Å². The van der Waals surface area contributed by atoms with Crippen molar-refractivity contribution < 1.29 is 4.39 Å². The van der Waals surface area contributed by atoms with E-state index in [4.69, 9.17) is 11.6 Å². The Bertz CT molecular complexity index is 415. The summed E-state index contributed by atoms with van der Waals surface area (Å²) in [6.07, 6.45) is 8.81. The second-order valence-corrected chi connectivity index (χ2v) is 6.31. The largest absolute Gasteiger partial charge is 0.310 e. The lowest BCUT2D eigenvalue weighted by Gasteiger charge is -2.22. The van der Waals surface area contributed by atoms with E-state index in [0.29, 0.717) is 5.02 Å². The first kappa shape index (κ1) is 15.8. The van der Waals surface area contributed by atoms with Crippen molar-refractivity contribution in [2.45, 2.75) is 57.9 Å². The number of benzene rings is 1. The molecule has 1 unspecified atom stereocenters. The van der Waals surface area contributed by atoms with Crippen LogP contribution in [0.15, 0.2) is 18.2 Å². The summed E-state index contributed by atoms with van der Waals surface area (Å²) in [4.78, 5) is 0. The molecule has 0 radical (unpaired) electrons. The fraction of sp³-hybridized carbons (Fsp3) is 0.647. The van der Waals surface area contributed by atoms with Gasteiger partial charge in [0, 0.05) is 11.1 Å². The quantitative estimate of drug-likeness (QED) is 0.701. The number of rotatable bonds is 7. The van der Waals surface area contributed by atoms with Crippen molar-refractivity contribution >= 4 is 11.6 Å². The Morgan fingerprint density at radius 2 is 2.10 bits per heavy atom. The van der Waals surface area contributed by atoms with Gasteiger partial charge in [-0.1, -0.05) is 44.2 Å². The van der Waals surface area contributed by atoms with Gasteiger partial charge in [-0.25, -0.2) is 4.39 Å². The van der Waals surface area contributed by atoms with Crippen LogP contribution >= 0.6 is 11.6 Å². The van der Waals surface area contributed by atoms with E-state index in [1.165, 1.54) is 38.2 Å². The molecule has 0 aliphatic heterocycles. The Kier molecular flexibility index (Phi) is 6.31. The highest BCUT2D eigenvalue weighted by Gasteiger charge is 2.19. The molecule has 3 heteroatoms. The van der Waals surface area contributed by atoms with Crippen molar-refractivity contribution in [1.29, 1.82) is 0 Å². The van der Waals surface area contributed by atoms with Gasteiger partial charge in [0.1, 0.15) is 5.82 Å². The first-order chi connectivity index (χ1) is 9.70.